The molecule has 1 aliphatic rings. The lowest BCUT2D eigenvalue weighted by atomic mass is 10.1. The summed E-state index contributed by atoms with van der Waals surface area (Å²) in [5.41, 5.74) is 8.83. The first kappa shape index (κ1) is 10.2. The maximum atomic E-state index is 11.5. The standard InChI is InChI=1S/C11H10BrNO2/c1-15-11(14)10-8-3-2-7(12)4-6(8)5-9(10)13/h2-4H,5,13H2,1H3. The second kappa shape index (κ2) is 3.70. The Labute approximate surface area is 96.0 Å². The smallest absolute Gasteiger partial charge is 0.340 e. The van der Waals surface area contributed by atoms with Crippen molar-refractivity contribution in [1.82, 2.24) is 0 Å². The number of ether oxygens (including phenoxy) is 1. The average molecular weight is 268 g/mol. The van der Waals surface area contributed by atoms with Gasteiger partial charge in [-0.15, -0.1) is 0 Å². The minimum absolute atomic E-state index is 0.367. The fourth-order valence-corrected chi connectivity index (χ4v) is 2.17. The highest BCUT2D eigenvalue weighted by atomic mass is 79.9. The number of benzene rings is 1. The molecule has 0 fully saturated rings. The SMILES string of the molecule is COC(=O)C1=C(N)Cc2cc(Br)ccc21. The molecule has 1 aliphatic carbocycles. The topological polar surface area (TPSA) is 52.3 Å². The van der Waals surface area contributed by atoms with Gasteiger partial charge in [0.2, 0.25) is 0 Å². The van der Waals surface area contributed by atoms with Crippen LogP contribution in [-0.4, -0.2) is 13.1 Å². The summed E-state index contributed by atoms with van der Waals surface area (Å²) in [5, 5.41) is 0. The predicted molar refractivity (Wildman–Crippen MR) is 61.0 cm³/mol. The van der Waals surface area contributed by atoms with E-state index in [9.17, 15) is 4.79 Å². The van der Waals surface area contributed by atoms with Gasteiger partial charge in [0, 0.05) is 16.6 Å². The third kappa shape index (κ3) is 1.65. The first-order chi connectivity index (χ1) is 7.13. The Hall–Kier alpha value is -1.29. The fourth-order valence-electron chi connectivity index (χ4n) is 1.76. The molecule has 2 N–H and O–H groups in total. The van der Waals surface area contributed by atoms with Gasteiger partial charge in [-0.2, -0.15) is 0 Å². The fraction of sp³-hybridized carbons (Fsp3) is 0.182. The van der Waals surface area contributed by atoms with Gasteiger partial charge in [-0.05, 0) is 23.3 Å². The van der Waals surface area contributed by atoms with Crippen molar-refractivity contribution in [3.63, 3.8) is 0 Å². The van der Waals surface area contributed by atoms with Crippen molar-refractivity contribution in [1.29, 1.82) is 0 Å². The summed E-state index contributed by atoms with van der Waals surface area (Å²) < 4.78 is 5.69. The summed E-state index contributed by atoms with van der Waals surface area (Å²) in [5.74, 6) is -0.367. The van der Waals surface area contributed by atoms with Crippen molar-refractivity contribution in [2.45, 2.75) is 6.42 Å². The van der Waals surface area contributed by atoms with Crippen LogP contribution in [0.2, 0.25) is 0 Å². The molecule has 1 aromatic carbocycles. The average Bonchev–Trinajstić information content (AvgIpc) is 2.52. The van der Waals surface area contributed by atoms with Gasteiger partial charge in [0.15, 0.2) is 0 Å². The molecule has 78 valence electrons. The lowest BCUT2D eigenvalue weighted by Gasteiger charge is -2.03. The molecule has 0 bridgehead atoms. The number of hydrogen-bond donors (Lipinski definition) is 1. The minimum atomic E-state index is -0.367. The highest BCUT2D eigenvalue weighted by molar-refractivity contribution is 9.10. The van der Waals surface area contributed by atoms with Crippen LogP contribution in [0.4, 0.5) is 0 Å². The van der Waals surface area contributed by atoms with Crippen molar-refractivity contribution < 1.29 is 9.53 Å². The summed E-state index contributed by atoms with van der Waals surface area (Å²) >= 11 is 3.38. The number of rotatable bonds is 1. The zero-order valence-corrected chi connectivity index (χ0v) is 9.80. The van der Waals surface area contributed by atoms with Crippen LogP contribution in [-0.2, 0) is 16.0 Å². The minimum Gasteiger partial charge on any atom is -0.465 e. The van der Waals surface area contributed by atoms with E-state index in [4.69, 9.17) is 10.5 Å². The summed E-state index contributed by atoms with van der Waals surface area (Å²) in [7, 11) is 1.36. The van der Waals surface area contributed by atoms with E-state index in [0.29, 0.717) is 17.7 Å². The van der Waals surface area contributed by atoms with E-state index in [0.717, 1.165) is 15.6 Å². The number of halogens is 1. The number of allylic oxidation sites excluding steroid dienone is 1. The molecule has 3 nitrogen and oxygen atoms in total. The van der Waals surface area contributed by atoms with Gasteiger partial charge in [0.1, 0.15) is 0 Å². The van der Waals surface area contributed by atoms with Crippen LogP contribution in [0.3, 0.4) is 0 Å². The third-order valence-corrected chi connectivity index (χ3v) is 2.92. The van der Waals surface area contributed by atoms with E-state index in [1.165, 1.54) is 7.11 Å². The number of carbonyl (C=O) groups excluding carboxylic acids is 1. The maximum absolute atomic E-state index is 11.5. The Bertz CT molecular complexity index is 466. The largest absolute Gasteiger partial charge is 0.465 e. The second-order valence-electron chi connectivity index (χ2n) is 3.37. The van der Waals surface area contributed by atoms with Crippen LogP contribution < -0.4 is 5.73 Å². The quantitative estimate of drug-likeness (QED) is 0.791. The summed E-state index contributed by atoms with van der Waals surface area (Å²) in [6.07, 6.45) is 0.610. The van der Waals surface area contributed by atoms with E-state index in [1.54, 1.807) is 0 Å². The molecular weight excluding hydrogens is 258 g/mol. The molecule has 0 amide bonds. The van der Waals surface area contributed by atoms with Gasteiger partial charge in [-0.1, -0.05) is 22.0 Å². The van der Waals surface area contributed by atoms with Crippen molar-refractivity contribution in [3.05, 3.63) is 39.5 Å². The van der Waals surface area contributed by atoms with Crippen LogP contribution in [0, 0.1) is 0 Å². The lowest BCUT2D eigenvalue weighted by Crippen LogP contribution is -2.07. The number of hydrogen-bond acceptors (Lipinski definition) is 3. The Kier molecular flexibility index (Phi) is 2.52. The van der Waals surface area contributed by atoms with Gasteiger partial charge in [-0.25, -0.2) is 4.79 Å². The molecule has 0 spiro atoms. The molecule has 0 radical (unpaired) electrons. The number of esters is 1. The predicted octanol–water partition coefficient (Wildman–Crippen LogP) is 1.85. The normalized spacial score (nSPS) is 14.0. The van der Waals surface area contributed by atoms with Crippen molar-refractivity contribution in [3.8, 4) is 0 Å². The van der Waals surface area contributed by atoms with Crippen LogP contribution in [0.1, 0.15) is 11.1 Å². The second-order valence-corrected chi connectivity index (χ2v) is 4.29. The molecule has 2 rings (SSSR count). The molecule has 0 aromatic heterocycles. The lowest BCUT2D eigenvalue weighted by molar-refractivity contribution is -0.133. The van der Waals surface area contributed by atoms with Crippen LogP contribution in [0.15, 0.2) is 28.4 Å². The molecule has 0 saturated carbocycles. The first-order valence-electron chi connectivity index (χ1n) is 4.49. The van der Waals surface area contributed by atoms with Crippen LogP contribution in [0.5, 0.6) is 0 Å². The van der Waals surface area contributed by atoms with Crippen LogP contribution >= 0.6 is 15.9 Å². The zero-order chi connectivity index (χ0) is 11.0. The molecule has 4 heteroatoms. The van der Waals surface area contributed by atoms with E-state index in [2.05, 4.69) is 15.9 Å². The molecule has 0 saturated heterocycles. The van der Waals surface area contributed by atoms with Crippen molar-refractivity contribution in [2.24, 2.45) is 5.73 Å². The van der Waals surface area contributed by atoms with Crippen LogP contribution in [0.25, 0.3) is 5.57 Å². The van der Waals surface area contributed by atoms with Gasteiger partial charge in [-0.3, -0.25) is 0 Å². The molecule has 15 heavy (non-hydrogen) atoms. The third-order valence-electron chi connectivity index (χ3n) is 2.43. The Morgan fingerprint density at radius 2 is 2.27 bits per heavy atom. The van der Waals surface area contributed by atoms with E-state index < -0.39 is 0 Å². The first-order valence-corrected chi connectivity index (χ1v) is 5.28. The highest BCUT2D eigenvalue weighted by Gasteiger charge is 2.25. The van der Waals surface area contributed by atoms with E-state index in [1.807, 2.05) is 18.2 Å². The highest BCUT2D eigenvalue weighted by Crippen LogP contribution is 2.32. The zero-order valence-electron chi connectivity index (χ0n) is 8.21. The molecule has 0 aliphatic heterocycles. The summed E-state index contributed by atoms with van der Waals surface area (Å²) in [4.78, 5) is 11.5. The van der Waals surface area contributed by atoms with Gasteiger partial charge in [0.25, 0.3) is 0 Å². The number of methoxy groups -OCH3 is 1. The van der Waals surface area contributed by atoms with Gasteiger partial charge >= 0.3 is 5.97 Å². The number of fused-ring (bicyclic) bond motifs is 1. The molecule has 0 atom stereocenters. The summed E-state index contributed by atoms with van der Waals surface area (Å²) in [6.45, 7) is 0. The van der Waals surface area contributed by atoms with Crippen molar-refractivity contribution >= 4 is 27.5 Å². The Morgan fingerprint density at radius 1 is 1.53 bits per heavy atom. The van der Waals surface area contributed by atoms with E-state index >= 15 is 0 Å². The Balaban J connectivity index is 2.51. The monoisotopic (exact) mass is 267 g/mol. The van der Waals surface area contributed by atoms with E-state index in [-0.39, 0.29) is 5.97 Å². The van der Waals surface area contributed by atoms with Gasteiger partial charge in [0.05, 0.1) is 12.7 Å². The molecule has 0 heterocycles. The van der Waals surface area contributed by atoms with Crippen molar-refractivity contribution in [2.75, 3.05) is 7.11 Å². The number of nitrogens with two attached hydrogens (primary N) is 1. The molecular formula is C11H10BrNO2. The maximum Gasteiger partial charge on any atom is 0.340 e. The molecule has 1 aromatic rings. The summed E-state index contributed by atoms with van der Waals surface area (Å²) in [6, 6.07) is 5.74. The van der Waals surface area contributed by atoms with Gasteiger partial charge < -0.3 is 10.5 Å². The number of carbonyl (C=O) groups is 1. The molecule has 0 unspecified atom stereocenters. The Morgan fingerprint density at radius 3 is 2.93 bits per heavy atom.